The van der Waals surface area contributed by atoms with Crippen molar-refractivity contribution in [3.63, 3.8) is 0 Å². The number of carbonyl (C=O) groups is 3. The van der Waals surface area contributed by atoms with Gasteiger partial charge in [0, 0.05) is 17.5 Å². The third-order valence-electron chi connectivity index (χ3n) is 6.39. The number of nitrogens with zero attached hydrogens (tertiary/aromatic N) is 3. The van der Waals surface area contributed by atoms with Gasteiger partial charge in [0.2, 0.25) is 0 Å². The summed E-state index contributed by atoms with van der Waals surface area (Å²) in [7, 11) is -2.68. The molecule has 236 valence electrons. The SMILES string of the molecule is COc1ccc2c(c1)N(CCCS(=O)(=O)O)/C(=C(/C=c1/s/c(=C3/SC(=S)N(CC(=O)O)C3=O)n(CC(=O)O)c1=O)C(C)C)S2. The summed E-state index contributed by atoms with van der Waals surface area (Å²) < 4.78 is 38.7. The Morgan fingerprint density at radius 3 is 2.36 bits per heavy atom. The van der Waals surface area contributed by atoms with E-state index in [-0.39, 0.29) is 37.3 Å². The number of thioether (sulfide) groups is 2. The lowest BCUT2D eigenvalue weighted by Gasteiger charge is -2.24. The van der Waals surface area contributed by atoms with Crippen molar-refractivity contribution in [1.29, 1.82) is 0 Å². The van der Waals surface area contributed by atoms with E-state index in [0.717, 1.165) is 43.1 Å². The maximum absolute atomic E-state index is 13.6. The molecule has 0 radical (unpaired) electrons. The van der Waals surface area contributed by atoms with Gasteiger partial charge in [0.25, 0.3) is 21.6 Å². The van der Waals surface area contributed by atoms with Crippen molar-refractivity contribution in [2.75, 3.05) is 30.9 Å². The van der Waals surface area contributed by atoms with Gasteiger partial charge < -0.3 is 19.8 Å². The number of aliphatic carboxylic acids is 2. The van der Waals surface area contributed by atoms with Crippen LogP contribution >= 0.6 is 47.1 Å². The number of hydrogen-bond donors (Lipinski definition) is 3. The Morgan fingerprint density at radius 1 is 1.09 bits per heavy atom. The van der Waals surface area contributed by atoms with Gasteiger partial charge in [-0.05, 0) is 36.1 Å². The number of carbonyl (C=O) groups excluding carboxylic acids is 1. The number of benzene rings is 1. The van der Waals surface area contributed by atoms with Crippen molar-refractivity contribution in [3.8, 4) is 5.75 Å². The van der Waals surface area contributed by atoms with Crippen LogP contribution < -0.4 is 24.4 Å². The number of thiocarbonyl (C=S) groups is 1. The minimum atomic E-state index is -4.20. The molecular weight excluding hydrogens is 675 g/mol. The maximum atomic E-state index is 13.6. The topological polar surface area (TPSA) is 184 Å². The van der Waals surface area contributed by atoms with E-state index in [2.05, 4.69) is 0 Å². The fourth-order valence-corrected chi connectivity index (χ4v) is 8.74. The molecule has 1 aromatic carbocycles. The predicted molar refractivity (Wildman–Crippen MR) is 172 cm³/mol. The van der Waals surface area contributed by atoms with E-state index in [1.54, 1.807) is 18.2 Å². The van der Waals surface area contributed by atoms with Crippen LogP contribution in [0.15, 0.2) is 38.5 Å². The molecule has 2 aliphatic heterocycles. The van der Waals surface area contributed by atoms with Crippen LogP contribution in [-0.4, -0.2) is 80.8 Å². The number of hydrogen-bond acceptors (Lipinski definition) is 12. The van der Waals surface area contributed by atoms with Crippen LogP contribution in [0.5, 0.6) is 5.75 Å². The van der Waals surface area contributed by atoms with E-state index >= 15 is 0 Å². The molecule has 0 unspecified atom stereocenters. The smallest absolute Gasteiger partial charge is 0.323 e. The molecule has 3 N–H and O–H groups in total. The summed E-state index contributed by atoms with van der Waals surface area (Å²) in [5.41, 5.74) is 0.773. The summed E-state index contributed by atoms with van der Waals surface area (Å²) >= 11 is 8.27. The molecular formula is C26H27N3O10S5. The number of ether oxygens (including phenoxy) is 1. The fourth-order valence-electron chi connectivity index (χ4n) is 4.41. The molecule has 0 bridgehead atoms. The van der Waals surface area contributed by atoms with Crippen molar-refractivity contribution >= 4 is 96.0 Å². The maximum Gasteiger partial charge on any atom is 0.323 e. The number of allylic oxidation sites excluding steroid dienone is 1. The van der Waals surface area contributed by atoms with Crippen LogP contribution in [0, 0.1) is 5.92 Å². The number of aromatic nitrogens is 1. The molecule has 4 rings (SSSR count). The number of thiazole rings is 1. The van der Waals surface area contributed by atoms with Gasteiger partial charge in [0.1, 0.15) is 32.7 Å². The average molecular weight is 702 g/mol. The highest BCUT2D eigenvalue weighted by atomic mass is 32.2. The van der Waals surface area contributed by atoms with Crippen LogP contribution in [-0.2, 0) is 31.0 Å². The van der Waals surface area contributed by atoms with Crippen LogP contribution in [0.3, 0.4) is 0 Å². The lowest BCUT2D eigenvalue weighted by Crippen LogP contribution is -2.36. The van der Waals surface area contributed by atoms with Gasteiger partial charge in [-0.2, -0.15) is 8.42 Å². The van der Waals surface area contributed by atoms with Gasteiger partial charge in [-0.1, -0.05) is 49.6 Å². The number of fused-ring (bicyclic) bond motifs is 1. The molecule has 0 saturated carbocycles. The Balaban J connectivity index is 1.93. The van der Waals surface area contributed by atoms with Crippen LogP contribution in [0.4, 0.5) is 5.69 Å². The molecule has 1 saturated heterocycles. The normalized spacial score (nSPS) is 18.0. The van der Waals surface area contributed by atoms with E-state index in [4.69, 9.17) is 17.0 Å². The van der Waals surface area contributed by atoms with Gasteiger partial charge in [0.15, 0.2) is 0 Å². The van der Waals surface area contributed by atoms with E-state index < -0.39 is 52.4 Å². The quantitative estimate of drug-likeness (QED) is 0.227. The number of carboxylic acids is 2. The number of amides is 1. The molecule has 3 heterocycles. The summed E-state index contributed by atoms with van der Waals surface area (Å²) in [5.74, 6) is -3.40. The first-order valence-electron chi connectivity index (χ1n) is 12.9. The molecule has 1 fully saturated rings. The minimum absolute atomic E-state index is 0.0262. The Hall–Kier alpha value is -3.16. The number of anilines is 1. The first-order chi connectivity index (χ1) is 20.6. The Kier molecular flexibility index (Phi) is 10.3. The van der Waals surface area contributed by atoms with Crippen LogP contribution in [0.25, 0.3) is 11.0 Å². The van der Waals surface area contributed by atoms with Crippen molar-refractivity contribution in [2.24, 2.45) is 5.92 Å². The monoisotopic (exact) mass is 701 g/mol. The van der Waals surface area contributed by atoms with Gasteiger partial charge in [0.05, 0.1) is 28.1 Å². The average Bonchev–Trinajstić information content (AvgIpc) is 3.52. The van der Waals surface area contributed by atoms with Crippen LogP contribution in [0.1, 0.15) is 20.3 Å². The molecule has 18 heteroatoms. The van der Waals surface area contributed by atoms with Crippen molar-refractivity contribution < 1.29 is 42.3 Å². The second-order valence-electron chi connectivity index (χ2n) is 9.83. The summed E-state index contributed by atoms with van der Waals surface area (Å²) in [4.78, 5) is 53.3. The summed E-state index contributed by atoms with van der Waals surface area (Å²) in [5, 5.41) is 19.4. The van der Waals surface area contributed by atoms with E-state index in [0.29, 0.717) is 16.4 Å². The summed E-state index contributed by atoms with van der Waals surface area (Å²) in [6, 6.07) is 5.44. The molecule has 2 aromatic rings. The number of methoxy groups -OCH3 is 1. The minimum Gasteiger partial charge on any atom is -0.497 e. The highest BCUT2D eigenvalue weighted by molar-refractivity contribution is 8.30. The van der Waals surface area contributed by atoms with Crippen molar-refractivity contribution in [1.82, 2.24) is 9.47 Å². The van der Waals surface area contributed by atoms with Crippen molar-refractivity contribution in [2.45, 2.75) is 31.7 Å². The molecule has 1 aromatic heterocycles. The zero-order valence-corrected chi connectivity index (χ0v) is 27.6. The molecule has 0 spiro atoms. The molecule has 44 heavy (non-hydrogen) atoms. The fraction of sp³-hybridized carbons (Fsp3) is 0.346. The summed E-state index contributed by atoms with van der Waals surface area (Å²) in [6.45, 7) is 2.59. The Morgan fingerprint density at radius 2 is 1.77 bits per heavy atom. The Labute approximate surface area is 269 Å². The molecule has 0 atom stereocenters. The highest BCUT2D eigenvalue weighted by Gasteiger charge is 2.36. The molecule has 13 nitrogen and oxygen atoms in total. The van der Waals surface area contributed by atoms with Crippen molar-refractivity contribution in [3.05, 3.63) is 48.4 Å². The first kappa shape index (κ1) is 33.7. The Bertz CT molecular complexity index is 1880. The second kappa shape index (κ2) is 13.5. The first-order valence-corrected chi connectivity index (χ1v) is 17.3. The second-order valence-corrected chi connectivity index (χ2v) is 15.1. The lowest BCUT2D eigenvalue weighted by atomic mass is 10.0. The lowest BCUT2D eigenvalue weighted by molar-refractivity contribution is -0.140. The van der Waals surface area contributed by atoms with E-state index in [9.17, 15) is 42.4 Å². The highest BCUT2D eigenvalue weighted by Crippen LogP contribution is 2.49. The third-order valence-corrected chi connectivity index (χ3v) is 11.1. The summed E-state index contributed by atoms with van der Waals surface area (Å²) in [6.07, 6.45) is 1.72. The molecule has 1 amide bonds. The predicted octanol–water partition coefficient (Wildman–Crippen LogP) is 1.59. The molecule has 0 aliphatic carbocycles. The number of carboxylic acid groups (broad SMARTS) is 2. The third kappa shape index (κ3) is 7.37. The standard InChI is InChI=1S/C26H27N3O10S5/c1-13(2)15(24-27(7-4-8-44(36,37)38)16-9-14(39-3)5-6-17(16)41-24)10-18-22(34)28(11-19(30)31)25(42-18)21-23(35)29(12-20(32)33)26(40)43-21/h5-6,9-10,13H,4,7-8,11-12H2,1-3H3,(H,30,31)(H,32,33)(H,36,37,38)/b18-10+,24-15+,25-21+. The molecule has 2 aliphatic rings. The van der Waals surface area contributed by atoms with Gasteiger partial charge in [-0.25, -0.2) is 0 Å². The van der Waals surface area contributed by atoms with E-state index in [1.807, 2.05) is 24.8 Å². The van der Waals surface area contributed by atoms with Gasteiger partial charge in [-0.3, -0.25) is 33.2 Å². The van der Waals surface area contributed by atoms with E-state index in [1.165, 1.54) is 18.9 Å². The number of rotatable bonds is 11. The largest absolute Gasteiger partial charge is 0.497 e. The zero-order valence-electron chi connectivity index (χ0n) is 23.5. The zero-order chi connectivity index (χ0) is 32.5. The van der Waals surface area contributed by atoms with Gasteiger partial charge in [-0.15, -0.1) is 11.3 Å². The van der Waals surface area contributed by atoms with Crippen LogP contribution in [0.2, 0.25) is 0 Å². The van der Waals surface area contributed by atoms with Gasteiger partial charge >= 0.3 is 11.9 Å².